The molecule has 0 radical (unpaired) electrons. The fourth-order valence-corrected chi connectivity index (χ4v) is 2.52. The van der Waals surface area contributed by atoms with Crippen LogP contribution in [0.2, 0.25) is 0 Å². The summed E-state index contributed by atoms with van der Waals surface area (Å²) in [6, 6.07) is 5.98. The first-order valence-electron chi connectivity index (χ1n) is 6.10. The van der Waals surface area contributed by atoms with Gasteiger partial charge in [-0.25, -0.2) is 0 Å². The maximum atomic E-state index is 5.92. The van der Waals surface area contributed by atoms with Crippen LogP contribution in [0.25, 0.3) is 10.2 Å². The number of fused-ring (bicyclic) bond motifs is 1. The molecule has 0 aliphatic rings. The molecule has 0 atom stereocenters. The van der Waals surface area contributed by atoms with Gasteiger partial charge in [-0.1, -0.05) is 17.4 Å². The fraction of sp³-hybridized carbons (Fsp3) is 0.500. The minimum Gasteiger partial charge on any atom is -0.486 e. The van der Waals surface area contributed by atoms with Crippen molar-refractivity contribution in [1.29, 1.82) is 0 Å². The van der Waals surface area contributed by atoms with Crippen LogP contribution in [-0.4, -0.2) is 16.7 Å². The van der Waals surface area contributed by atoms with E-state index in [0.29, 0.717) is 5.19 Å². The van der Waals surface area contributed by atoms with Crippen LogP contribution in [0.15, 0.2) is 18.2 Å². The normalized spacial score (nSPS) is 12.1. The second-order valence-corrected chi connectivity index (χ2v) is 6.46. The zero-order valence-electron chi connectivity index (χ0n) is 11.5. The van der Waals surface area contributed by atoms with Gasteiger partial charge in [0.2, 0.25) is 0 Å². The zero-order chi connectivity index (χ0) is 13.3. The Morgan fingerprint density at radius 3 is 2.56 bits per heavy atom. The van der Waals surface area contributed by atoms with Gasteiger partial charge in [-0.2, -0.15) is 4.98 Å². The number of ether oxygens (including phenoxy) is 2. The lowest BCUT2D eigenvalue weighted by atomic mass is 10.2. The molecule has 1 aromatic carbocycles. The van der Waals surface area contributed by atoms with Gasteiger partial charge in [-0.3, -0.25) is 0 Å². The summed E-state index contributed by atoms with van der Waals surface area (Å²) in [5.41, 5.74) is 0.657. The van der Waals surface area contributed by atoms with Crippen LogP contribution < -0.4 is 9.47 Å². The van der Waals surface area contributed by atoms with Crippen LogP contribution in [0.1, 0.15) is 34.6 Å². The molecule has 0 unspecified atom stereocenters. The van der Waals surface area contributed by atoms with E-state index >= 15 is 0 Å². The van der Waals surface area contributed by atoms with Gasteiger partial charge in [0.25, 0.3) is 5.19 Å². The molecular weight excluding hydrogens is 246 g/mol. The molecule has 0 N–H and O–H groups in total. The fourth-order valence-electron chi connectivity index (χ4n) is 1.57. The van der Waals surface area contributed by atoms with Gasteiger partial charge in [0, 0.05) is 0 Å². The van der Waals surface area contributed by atoms with Gasteiger partial charge in [-0.15, -0.1) is 0 Å². The van der Waals surface area contributed by atoms with Crippen LogP contribution >= 0.6 is 11.3 Å². The molecule has 1 aromatic heterocycles. The average molecular weight is 265 g/mol. The third-order valence-corrected chi connectivity index (χ3v) is 3.03. The lowest BCUT2D eigenvalue weighted by Crippen LogP contribution is -2.23. The van der Waals surface area contributed by atoms with Crippen molar-refractivity contribution in [3.63, 3.8) is 0 Å². The van der Waals surface area contributed by atoms with E-state index in [0.717, 1.165) is 16.0 Å². The summed E-state index contributed by atoms with van der Waals surface area (Å²) in [6.45, 7) is 10.1. The summed E-state index contributed by atoms with van der Waals surface area (Å²) in [5, 5.41) is 0.699. The Kier molecular flexibility index (Phi) is 3.48. The Balaban J connectivity index is 2.39. The zero-order valence-corrected chi connectivity index (χ0v) is 12.3. The minimum atomic E-state index is -0.225. The third kappa shape index (κ3) is 3.13. The highest BCUT2D eigenvalue weighted by Gasteiger charge is 2.16. The predicted molar refractivity (Wildman–Crippen MR) is 75.8 cm³/mol. The quantitative estimate of drug-likeness (QED) is 0.831. The van der Waals surface area contributed by atoms with Gasteiger partial charge in [0.1, 0.15) is 16.9 Å². The SMILES string of the molecule is CC(C)Oc1nc2c(OC(C)(C)C)cccc2s1. The maximum Gasteiger partial charge on any atom is 0.274 e. The van der Waals surface area contributed by atoms with Crippen LogP contribution in [0.3, 0.4) is 0 Å². The second kappa shape index (κ2) is 4.76. The van der Waals surface area contributed by atoms with E-state index in [1.54, 1.807) is 11.3 Å². The summed E-state index contributed by atoms with van der Waals surface area (Å²) in [5.74, 6) is 0.815. The summed E-state index contributed by atoms with van der Waals surface area (Å²) in [4.78, 5) is 4.51. The molecule has 0 aliphatic carbocycles. The Hall–Kier alpha value is -1.29. The standard InChI is InChI=1S/C14H19NO2S/c1-9(2)16-13-15-12-10(17-14(3,4)5)7-6-8-11(12)18-13/h6-9H,1-5H3. The van der Waals surface area contributed by atoms with Crippen molar-refractivity contribution in [3.05, 3.63) is 18.2 Å². The van der Waals surface area contributed by atoms with Crippen molar-refractivity contribution >= 4 is 21.6 Å². The van der Waals surface area contributed by atoms with Crippen LogP contribution in [0, 0.1) is 0 Å². The largest absolute Gasteiger partial charge is 0.486 e. The molecule has 4 heteroatoms. The highest BCUT2D eigenvalue weighted by molar-refractivity contribution is 7.20. The number of para-hydroxylation sites is 1. The van der Waals surface area contributed by atoms with Gasteiger partial charge in [0.05, 0.1) is 10.8 Å². The van der Waals surface area contributed by atoms with Crippen molar-refractivity contribution in [2.45, 2.75) is 46.3 Å². The number of benzene rings is 1. The first kappa shape index (κ1) is 13.1. The molecule has 0 spiro atoms. The lowest BCUT2D eigenvalue weighted by molar-refractivity contribution is 0.133. The molecule has 98 valence electrons. The van der Waals surface area contributed by atoms with Crippen molar-refractivity contribution in [2.75, 3.05) is 0 Å². The average Bonchev–Trinajstić information content (AvgIpc) is 2.57. The third-order valence-electron chi connectivity index (χ3n) is 2.12. The summed E-state index contributed by atoms with van der Waals surface area (Å²) in [6.07, 6.45) is 0.137. The van der Waals surface area contributed by atoms with Crippen molar-refractivity contribution in [3.8, 4) is 10.9 Å². The van der Waals surface area contributed by atoms with Crippen LogP contribution in [-0.2, 0) is 0 Å². The molecule has 0 saturated heterocycles. The van der Waals surface area contributed by atoms with Gasteiger partial charge in [-0.05, 0) is 46.8 Å². The van der Waals surface area contributed by atoms with Crippen molar-refractivity contribution in [1.82, 2.24) is 4.98 Å². The molecule has 0 amide bonds. The van der Waals surface area contributed by atoms with E-state index in [9.17, 15) is 0 Å². The number of hydrogen-bond donors (Lipinski definition) is 0. The Morgan fingerprint density at radius 1 is 1.22 bits per heavy atom. The molecule has 0 bridgehead atoms. The number of aromatic nitrogens is 1. The Labute approximate surface area is 112 Å². The summed E-state index contributed by atoms with van der Waals surface area (Å²) < 4.78 is 12.6. The van der Waals surface area contributed by atoms with Gasteiger partial charge in [0.15, 0.2) is 0 Å². The predicted octanol–water partition coefficient (Wildman–Crippen LogP) is 4.26. The van der Waals surface area contributed by atoms with E-state index in [1.807, 2.05) is 52.8 Å². The van der Waals surface area contributed by atoms with Gasteiger partial charge >= 0.3 is 0 Å². The molecule has 1 heterocycles. The minimum absolute atomic E-state index is 0.137. The second-order valence-electron chi connectivity index (χ2n) is 5.46. The highest BCUT2D eigenvalue weighted by Crippen LogP contribution is 2.35. The molecular formula is C14H19NO2S. The van der Waals surface area contributed by atoms with E-state index in [-0.39, 0.29) is 11.7 Å². The Bertz CT molecular complexity index is 540. The van der Waals surface area contributed by atoms with Crippen molar-refractivity contribution < 1.29 is 9.47 Å². The van der Waals surface area contributed by atoms with E-state index in [2.05, 4.69) is 4.98 Å². The number of nitrogens with zero attached hydrogens (tertiary/aromatic N) is 1. The first-order chi connectivity index (χ1) is 8.35. The van der Waals surface area contributed by atoms with E-state index in [1.165, 1.54) is 0 Å². The number of hydrogen-bond acceptors (Lipinski definition) is 4. The topological polar surface area (TPSA) is 31.4 Å². The molecule has 0 saturated carbocycles. The van der Waals surface area contributed by atoms with E-state index in [4.69, 9.17) is 9.47 Å². The number of thiazole rings is 1. The highest BCUT2D eigenvalue weighted by atomic mass is 32.1. The Morgan fingerprint density at radius 2 is 1.94 bits per heavy atom. The van der Waals surface area contributed by atoms with E-state index < -0.39 is 0 Å². The van der Waals surface area contributed by atoms with Crippen molar-refractivity contribution in [2.24, 2.45) is 0 Å². The molecule has 0 fully saturated rings. The summed E-state index contributed by atoms with van der Waals surface area (Å²) in [7, 11) is 0. The monoisotopic (exact) mass is 265 g/mol. The molecule has 3 nitrogen and oxygen atoms in total. The van der Waals surface area contributed by atoms with Gasteiger partial charge < -0.3 is 9.47 Å². The molecule has 18 heavy (non-hydrogen) atoms. The smallest absolute Gasteiger partial charge is 0.274 e. The first-order valence-corrected chi connectivity index (χ1v) is 6.92. The van der Waals surface area contributed by atoms with Crippen LogP contribution in [0.5, 0.6) is 10.9 Å². The summed E-state index contributed by atoms with van der Waals surface area (Å²) >= 11 is 1.55. The molecule has 2 aromatic rings. The maximum absolute atomic E-state index is 5.92. The lowest BCUT2D eigenvalue weighted by Gasteiger charge is -2.21. The molecule has 2 rings (SSSR count). The number of rotatable bonds is 3. The van der Waals surface area contributed by atoms with Crippen LogP contribution in [0.4, 0.5) is 0 Å². The molecule has 0 aliphatic heterocycles.